The van der Waals surface area contributed by atoms with Crippen LogP contribution in [0.3, 0.4) is 0 Å². The summed E-state index contributed by atoms with van der Waals surface area (Å²) in [6.45, 7) is 4.77. The number of rotatable bonds is 5. The zero-order valence-corrected chi connectivity index (χ0v) is 12.5. The summed E-state index contributed by atoms with van der Waals surface area (Å²) in [5, 5.41) is 3.35. The highest BCUT2D eigenvalue weighted by Crippen LogP contribution is 2.13. The molecule has 21 heavy (non-hydrogen) atoms. The van der Waals surface area contributed by atoms with E-state index in [1.54, 1.807) is 24.3 Å². The van der Waals surface area contributed by atoms with E-state index < -0.39 is 0 Å². The van der Waals surface area contributed by atoms with Gasteiger partial charge in [0.15, 0.2) is 0 Å². The van der Waals surface area contributed by atoms with Crippen molar-refractivity contribution >= 4 is 12.0 Å². The molecule has 2 rings (SSSR count). The summed E-state index contributed by atoms with van der Waals surface area (Å²) in [6, 6.07) is 6.43. The Hall–Kier alpha value is -1.68. The Kier molecular flexibility index (Phi) is 5.93. The molecule has 0 aromatic heterocycles. The largest absolute Gasteiger partial charge is 0.335 e. The molecule has 1 amide bonds. The van der Waals surface area contributed by atoms with Crippen molar-refractivity contribution in [3.63, 3.8) is 0 Å². The van der Waals surface area contributed by atoms with E-state index in [9.17, 15) is 9.18 Å². The van der Waals surface area contributed by atoms with E-state index in [2.05, 4.69) is 12.2 Å². The summed E-state index contributed by atoms with van der Waals surface area (Å²) in [7, 11) is 0. The van der Waals surface area contributed by atoms with E-state index in [0.29, 0.717) is 0 Å². The number of halogens is 1. The fraction of sp³-hybridized carbons (Fsp3) is 0.471. The van der Waals surface area contributed by atoms with Gasteiger partial charge in [-0.3, -0.25) is 4.79 Å². The van der Waals surface area contributed by atoms with E-state index in [1.165, 1.54) is 12.1 Å². The van der Waals surface area contributed by atoms with Crippen LogP contribution in [0.2, 0.25) is 0 Å². The number of amides is 1. The summed E-state index contributed by atoms with van der Waals surface area (Å²) in [4.78, 5) is 14.4. The topological polar surface area (TPSA) is 32.3 Å². The summed E-state index contributed by atoms with van der Waals surface area (Å²) in [5.74, 6) is -0.228. The van der Waals surface area contributed by atoms with Gasteiger partial charge >= 0.3 is 0 Å². The third kappa shape index (κ3) is 4.67. The van der Waals surface area contributed by atoms with Gasteiger partial charge in [-0.05, 0) is 49.6 Å². The van der Waals surface area contributed by atoms with Crippen molar-refractivity contribution in [3.8, 4) is 0 Å². The van der Waals surface area contributed by atoms with Crippen LogP contribution < -0.4 is 5.32 Å². The summed E-state index contributed by atoms with van der Waals surface area (Å²) in [5.41, 5.74) is 0.836. The predicted octanol–water partition coefficient (Wildman–Crippen LogP) is 2.83. The molecule has 3 nitrogen and oxygen atoms in total. The predicted molar refractivity (Wildman–Crippen MR) is 83.3 cm³/mol. The fourth-order valence-corrected chi connectivity index (χ4v) is 2.65. The first kappa shape index (κ1) is 15.7. The normalized spacial score (nSPS) is 18.9. The van der Waals surface area contributed by atoms with Crippen LogP contribution in [0, 0.1) is 5.82 Å². The molecule has 1 aromatic carbocycles. The highest BCUT2D eigenvalue weighted by atomic mass is 19.1. The van der Waals surface area contributed by atoms with Crippen LogP contribution >= 0.6 is 0 Å². The maximum absolute atomic E-state index is 12.9. The number of benzene rings is 1. The zero-order chi connectivity index (χ0) is 15.1. The van der Waals surface area contributed by atoms with Gasteiger partial charge < -0.3 is 10.2 Å². The van der Waals surface area contributed by atoms with Crippen LogP contribution in [0.5, 0.6) is 0 Å². The lowest BCUT2D eigenvalue weighted by Gasteiger charge is -2.34. The van der Waals surface area contributed by atoms with Crippen molar-refractivity contribution in [3.05, 3.63) is 41.7 Å². The summed E-state index contributed by atoms with van der Waals surface area (Å²) in [6.07, 6.45) is 6.47. The average Bonchev–Trinajstić information content (AvgIpc) is 2.52. The molecule has 0 spiro atoms. The third-order valence-corrected chi connectivity index (χ3v) is 3.75. The quantitative estimate of drug-likeness (QED) is 0.846. The lowest BCUT2D eigenvalue weighted by atomic mass is 10.1. The molecule has 0 bridgehead atoms. The van der Waals surface area contributed by atoms with Gasteiger partial charge in [0.1, 0.15) is 5.82 Å². The van der Waals surface area contributed by atoms with Crippen molar-refractivity contribution in [1.82, 2.24) is 10.2 Å². The molecule has 1 aromatic rings. The van der Waals surface area contributed by atoms with Crippen LogP contribution in [0.4, 0.5) is 4.39 Å². The molecule has 1 atom stereocenters. The van der Waals surface area contributed by atoms with Crippen LogP contribution in [0.1, 0.15) is 31.7 Å². The molecule has 4 heteroatoms. The number of nitrogens with zero attached hydrogens (tertiary/aromatic N) is 1. The molecule has 1 aliphatic rings. The molecule has 1 fully saturated rings. The Balaban J connectivity index is 2.01. The van der Waals surface area contributed by atoms with E-state index in [0.717, 1.165) is 44.5 Å². The lowest BCUT2D eigenvalue weighted by molar-refractivity contribution is -0.128. The number of carbonyl (C=O) groups is 1. The lowest BCUT2D eigenvalue weighted by Crippen LogP contribution is -2.48. The molecule has 1 saturated heterocycles. The van der Waals surface area contributed by atoms with Gasteiger partial charge in [-0.2, -0.15) is 0 Å². The molecular formula is C17H23FN2O. The second-order valence-corrected chi connectivity index (χ2v) is 5.42. The Morgan fingerprint density at radius 3 is 2.81 bits per heavy atom. The second-order valence-electron chi connectivity index (χ2n) is 5.42. The summed E-state index contributed by atoms with van der Waals surface area (Å²) >= 11 is 0. The first-order valence-corrected chi connectivity index (χ1v) is 7.65. The smallest absolute Gasteiger partial charge is 0.246 e. The number of nitrogens with one attached hydrogen (secondary N) is 1. The Labute approximate surface area is 125 Å². The highest BCUT2D eigenvalue weighted by Gasteiger charge is 2.22. The maximum atomic E-state index is 12.9. The van der Waals surface area contributed by atoms with Crippen molar-refractivity contribution in [2.24, 2.45) is 0 Å². The molecule has 0 aliphatic carbocycles. The van der Waals surface area contributed by atoms with E-state index in [4.69, 9.17) is 0 Å². The molecule has 1 heterocycles. The minimum atomic E-state index is -0.264. The summed E-state index contributed by atoms with van der Waals surface area (Å²) < 4.78 is 12.9. The van der Waals surface area contributed by atoms with Crippen LogP contribution in [0.15, 0.2) is 30.3 Å². The second kappa shape index (κ2) is 7.93. The molecule has 114 valence electrons. The Bertz CT molecular complexity index is 478. The Morgan fingerprint density at radius 1 is 1.43 bits per heavy atom. The van der Waals surface area contributed by atoms with E-state index in [-0.39, 0.29) is 17.8 Å². The van der Waals surface area contributed by atoms with Gasteiger partial charge in [0.05, 0.1) is 0 Å². The minimum absolute atomic E-state index is 0.0369. The van der Waals surface area contributed by atoms with Gasteiger partial charge in [0, 0.05) is 25.2 Å². The SMILES string of the molecule is CCCN(C(=O)C=Cc1ccc(F)cc1)C1CCCNC1. The number of hydrogen-bond acceptors (Lipinski definition) is 2. The van der Waals surface area contributed by atoms with Crippen molar-refractivity contribution in [2.75, 3.05) is 19.6 Å². The molecular weight excluding hydrogens is 267 g/mol. The number of piperidine rings is 1. The first-order valence-electron chi connectivity index (χ1n) is 7.65. The average molecular weight is 290 g/mol. The van der Waals surface area contributed by atoms with E-state index >= 15 is 0 Å². The first-order chi connectivity index (χ1) is 10.2. The van der Waals surface area contributed by atoms with Crippen LogP contribution in [-0.4, -0.2) is 36.5 Å². The van der Waals surface area contributed by atoms with Crippen molar-refractivity contribution in [1.29, 1.82) is 0 Å². The minimum Gasteiger partial charge on any atom is -0.335 e. The molecule has 0 radical (unpaired) electrons. The monoisotopic (exact) mass is 290 g/mol. The van der Waals surface area contributed by atoms with Crippen LogP contribution in [-0.2, 0) is 4.79 Å². The maximum Gasteiger partial charge on any atom is 0.246 e. The van der Waals surface area contributed by atoms with Gasteiger partial charge in [-0.1, -0.05) is 19.1 Å². The fourth-order valence-electron chi connectivity index (χ4n) is 2.65. The number of carbonyl (C=O) groups excluding carboxylic acids is 1. The van der Waals surface area contributed by atoms with E-state index in [1.807, 2.05) is 4.90 Å². The molecule has 0 saturated carbocycles. The van der Waals surface area contributed by atoms with Gasteiger partial charge in [-0.25, -0.2) is 4.39 Å². The van der Waals surface area contributed by atoms with Gasteiger partial charge in [0.2, 0.25) is 5.91 Å². The van der Waals surface area contributed by atoms with Gasteiger partial charge in [0.25, 0.3) is 0 Å². The Morgan fingerprint density at radius 2 is 2.19 bits per heavy atom. The molecule has 1 aliphatic heterocycles. The van der Waals surface area contributed by atoms with Crippen molar-refractivity contribution < 1.29 is 9.18 Å². The highest BCUT2D eigenvalue weighted by molar-refractivity contribution is 5.92. The third-order valence-electron chi connectivity index (χ3n) is 3.75. The van der Waals surface area contributed by atoms with Crippen molar-refractivity contribution in [2.45, 2.75) is 32.2 Å². The van der Waals surface area contributed by atoms with Crippen LogP contribution in [0.25, 0.3) is 6.08 Å². The number of hydrogen-bond donors (Lipinski definition) is 1. The van der Waals surface area contributed by atoms with Gasteiger partial charge in [-0.15, -0.1) is 0 Å². The molecule has 1 N–H and O–H groups in total. The zero-order valence-electron chi connectivity index (χ0n) is 12.5. The standard InChI is InChI=1S/C17H23FN2O/c1-2-12-20(16-4-3-11-19-13-16)17(21)10-7-14-5-8-15(18)9-6-14/h5-10,16,19H,2-4,11-13H2,1H3. The molecule has 1 unspecified atom stereocenters.